The molecule has 0 saturated heterocycles. The average Bonchev–Trinajstić information content (AvgIpc) is 3.10. The van der Waals surface area contributed by atoms with E-state index in [1.54, 1.807) is 0 Å². The SMILES string of the molecule is Cc1ccccc1-c1n[nH]c2c1CCN(C(=O)c1cccnc1C(F)(F)F)C2. The Morgan fingerprint density at radius 2 is 1.96 bits per heavy atom. The van der Waals surface area contributed by atoms with Crippen molar-refractivity contribution in [1.82, 2.24) is 20.1 Å². The third-order valence-electron chi connectivity index (χ3n) is 4.93. The highest BCUT2D eigenvalue weighted by molar-refractivity contribution is 5.95. The van der Waals surface area contributed by atoms with Gasteiger partial charge in [-0.05, 0) is 31.0 Å². The number of rotatable bonds is 2. The minimum absolute atomic E-state index is 0.180. The lowest BCUT2D eigenvalue weighted by atomic mass is 9.97. The molecule has 5 nitrogen and oxygen atoms in total. The van der Waals surface area contributed by atoms with Crippen LogP contribution in [0.25, 0.3) is 11.3 Å². The van der Waals surface area contributed by atoms with Crippen LogP contribution in [0, 0.1) is 6.92 Å². The zero-order valence-corrected chi connectivity index (χ0v) is 15.0. The maximum Gasteiger partial charge on any atom is 0.434 e. The molecule has 1 N–H and O–H groups in total. The number of hydrogen-bond donors (Lipinski definition) is 1. The lowest BCUT2D eigenvalue weighted by Crippen LogP contribution is -2.37. The number of nitrogens with zero attached hydrogens (tertiary/aromatic N) is 3. The molecule has 144 valence electrons. The van der Waals surface area contributed by atoms with Crippen LogP contribution in [-0.4, -0.2) is 32.5 Å². The molecule has 0 fully saturated rings. The molecule has 8 heteroatoms. The number of benzene rings is 1. The summed E-state index contributed by atoms with van der Waals surface area (Å²) in [4.78, 5) is 17.5. The summed E-state index contributed by atoms with van der Waals surface area (Å²) in [6.07, 6.45) is -3.13. The van der Waals surface area contributed by atoms with Gasteiger partial charge in [-0.2, -0.15) is 18.3 Å². The van der Waals surface area contributed by atoms with Crippen LogP contribution in [0.15, 0.2) is 42.6 Å². The number of carbonyl (C=O) groups excluding carboxylic acids is 1. The van der Waals surface area contributed by atoms with E-state index in [0.29, 0.717) is 13.0 Å². The first-order chi connectivity index (χ1) is 13.4. The lowest BCUT2D eigenvalue weighted by Gasteiger charge is -2.27. The van der Waals surface area contributed by atoms with Crippen molar-refractivity contribution in [3.63, 3.8) is 0 Å². The summed E-state index contributed by atoms with van der Waals surface area (Å²) in [5.41, 5.74) is 3.08. The monoisotopic (exact) mass is 386 g/mol. The molecular weight excluding hydrogens is 369 g/mol. The number of halogens is 3. The number of fused-ring (bicyclic) bond motifs is 1. The van der Waals surface area contributed by atoms with Crippen LogP contribution in [0.4, 0.5) is 13.2 Å². The number of carbonyl (C=O) groups is 1. The van der Waals surface area contributed by atoms with E-state index in [-0.39, 0.29) is 6.54 Å². The first-order valence-electron chi connectivity index (χ1n) is 8.80. The molecule has 0 saturated carbocycles. The van der Waals surface area contributed by atoms with Gasteiger partial charge in [-0.1, -0.05) is 24.3 Å². The molecule has 1 amide bonds. The Morgan fingerprint density at radius 1 is 1.18 bits per heavy atom. The van der Waals surface area contributed by atoms with Crippen LogP contribution in [0.1, 0.15) is 32.9 Å². The number of aromatic amines is 1. The minimum atomic E-state index is -4.68. The summed E-state index contributed by atoms with van der Waals surface area (Å²) in [6, 6.07) is 10.4. The van der Waals surface area contributed by atoms with E-state index >= 15 is 0 Å². The molecule has 4 rings (SSSR count). The van der Waals surface area contributed by atoms with Crippen molar-refractivity contribution in [1.29, 1.82) is 0 Å². The molecule has 0 spiro atoms. The van der Waals surface area contributed by atoms with Gasteiger partial charge in [0, 0.05) is 23.9 Å². The summed E-state index contributed by atoms with van der Waals surface area (Å²) >= 11 is 0. The number of nitrogens with one attached hydrogen (secondary N) is 1. The Labute approximate surface area is 159 Å². The summed E-state index contributed by atoms with van der Waals surface area (Å²) in [5.74, 6) is -0.682. The van der Waals surface area contributed by atoms with Crippen LogP contribution in [-0.2, 0) is 19.1 Å². The molecule has 3 heterocycles. The van der Waals surface area contributed by atoms with Gasteiger partial charge < -0.3 is 4.90 Å². The first-order valence-corrected chi connectivity index (χ1v) is 8.80. The molecule has 2 aromatic heterocycles. The normalized spacial score (nSPS) is 14.1. The Kier molecular flexibility index (Phi) is 4.41. The Bertz CT molecular complexity index is 1040. The minimum Gasteiger partial charge on any atom is -0.332 e. The third-order valence-corrected chi connectivity index (χ3v) is 4.93. The van der Waals surface area contributed by atoms with E-state index in [1.165, 1.54) is 17.0 Å². The Hall–Kier alpha value is -3.16. The van der Waals surface area contributed by atoms with Gasteiger partial charge in [-0.25, -0.2) is 0 Å². The first kappa shape index (κ1) is 18.2. The van der Waals surface area contributed by atoms with E-state index < -0.39 is 23.3 Å². The second kappa shape index (κ2) is 6.78. The molecule has 3 aromatic rings. The fraction of sp³-hybridized carbons (Fsp3) is 0.250. The van der Waals surface area contributed by atoms with Gasteiger partial charge >= 0.3 is 6.18 Å². The standard InChI is InChI=1S/C20H17F3N4O/c1-12-5-2-3-6-13(12)17-14-8-10-27(11-16(14)25-26-17)19(28)15-7-4-9-24-18(15)20(21,22)23/h2-7,9H,8,10-11H2,1H3,(H,25,26). The van der Waals surface area contributed by atoms with Gasteiger partial charge in [0.15, 0.2) is 5.69 Å². The van der Waals surface area contributed by atoms with Crippen molar-refractivity contribution in [3.8, 4) is 11.3 Å². The molecule has 0 bridgehead atoms. The highest BCUT2D eigenvalue weighted by Gasteiger charge is 2.38. The van der Waals surface area contributed by atoms with Gasteiger partial charge in [-0.3, -0.25) is 14.9 Å². The summed E-state index contributed by atoms with van der Waals surface area (Å²) in [7, 11) is 0. The molecule has 1 aromatic carbocycles. The molecule has 0 unspecified atom stereocenters. The smallest absolute Gasteiger partial charge is 0.332 e. The van der Waals surface area contributed by atoms with Gasteiger partial charge in [-0.15, -0.1) is 0 Å². The molecule has 1 aliphatic heterocycles. The molecule has 0 atom stereocenters. The fourth-order valence-corrected chi connectivity index (χ4v) is 3.53. The van der Waals surface area contributed by atoms with Crippen LogP contribution in [0.3, 0.4) is 0 Å². The van der Waals surface area contributed by atoms with E-state index in [4.69, 9.17) is 0 Å². The average molecular weight is 386 g/mol. The molecule has 28 heavy (non-hydrogen) atoms. The van der Waals surface area contributed by atoms with Crippen molar-refractivity contribution in [2.45, 2.75) is 26.1 Å². The second-order valence-electron chi connectivity index (χ2n) is 6.72. The predicted octanol–water partition coefficient (Wildman–Crippen LogP) is 4.00. The van der Waals surface area contributed by atoms with E-state index in [1.807, 2.05) is 31.2 Å². The van der Waals surface area contributed by atoms with Crippen LogP contribution in [0.2, 0.25) is 0 Å². The molecule has 1 aliphatic rings. The van der Waals surface area contributed by atoms with Crippen molar-refractivity contribution in [3.05, 3.63) is 70.7 Å². The quantitative estimate of drug-likeness (QED) is 0.724. The number of aryl methyl sites for hydroxylation is 1. The molecular formula is C20H17F3N4O. The molecule has 0 aliphatic carbocycles. The van der Waals surface area contributed by atoms with E-state index in [2.05, 4.69) is 15.2 Å². The highest BCUT2D eigenvalue weighted by atomic mass is 19.4. The maximum absolute atomic E-state index is 13.2. The fourth-order valence-electron chi connectivity index (χ4n) is 3.53. The Balaban J connectivity index is 1.63. The van der Waals surface area contributed by atoms with Gasteiger partial charge in [0.05, 0.1) is 23.5 Å². The van der Waals surface area contributed by atoms with Crippen molar-refractivity contribution < 1.29 is 18.0 Å². The van der Waals surface area contributed by atoms with Crippen molar-refractivity contribution in [2.75, 3.05) is 6.54 Å². The van der Waals surface area contributed by atoms with Crippen LogP contribution >= 0.6 is 0 Å². The van der Waals surface area contributed by atoms with Crippen LogP contribution in [0.5, 0.6) is 0 Å². The number of amides is 1. The van der Waals surface area contributed by atoms with E-state index in [9.17, 15) is 18.0 Å². The Morgan fingerprint density at radius 3 is 2.71 bits per heavy atom. The largest absolute Gasteiger partial charge is 0.434 e. The summed E-state index contributed by atoms with van der Waals surface area (Å²) in [5, 5.41) is 7.35. The number of alkyl halides is 3. The van der Waals surface area contributed by atoms with Gasteiger partial charge in [0.25, 0.3) is 5.91 Å². The summed E-state index contributed by atoms with van der Waals surface area (Å²) < 4.78 is 39.6. The topological polar surface area (TPSA) is 61.9 Å². The van der Waals surface area contributed by atoms with Crippen molar-refractivity contribution in [2.24, 2.45) is 0 Å². The number of H-pyrrole nitrogens is 1. The highest BCUT2D eigenvalue weighted by Crippen LogP contribution is 2.33. The van der Waals surface area contributed by atoms with Gasteiger partial charge in [0.1, 0.15) is 0 Å². The zero-order chi connectivity index (χ0) is 19.9. The van der Waals surface area contributed by atoms with Crippen LogP contribution < -0.4 is 0 Å². The number of hydrogen-bond acceptors (Lipinski definition) is 3. The third kappa shape index (κ3) is 3.15. The molecule has 0 radical (unpaired) electrons. The lowest BCUT2D eigenvalue weighted by molar-refractivity contribution is -0.141. The number of pyridine rings is 1. The van der Waals surface area contributed by atoms with E-state index in [0.717, 1.165) is 34.3 Å². The zero-order valence-electron chi connectivity index (χ0n) is 15.0. The van der Waals surface area contributed by atoms with Crippen molar-refractivity contribution >= 4 is 5.91 Å². The predicted molar refractivity (Wildman–Crippen MR) is 96.4 cm³/mol. The second-order valence-corrected chi connectivity index (χ2v) is 6.72. The maximum atomic E-state index is 13.2. The van der Waals surface area contributed by atoms with Gasteiger partial charge in [0.2, 0.25) is 0 Å². The number of aromatic nitrogens is 3. The summed E-state index contributed by atoms with van der Waals surface area (Å²) in [6.45, 7) is 2.49.